The molecule has 0 radical (unpaired) electrons. The Hall–Kier alpha value is -1.52. The Morgan fingerprint density at radius 2 is 2.22 bits per heavy atom. The fourth-order valence-electron chi connectivity index (χ4n) is 3.61. The van der Waals surface area contributed by atoms with Gasteiger partial charge in [-0.2, -0.15) is 0 Å². The van der Waals surface area contributed by atoms with Gasteiger partial charge >= 0.3 is 0 Å². The van der Waals surface area contributed by atoms with E-state index in [1.54, 1.807) is 0 Å². The Labute approximate surface area is 141 Å². The van der Waals surface area contributed by atoms with Gasteiger partial charge in [0, 0.05) is 31.4 Å². The molecule has 2 aromatic rings. The normalized spacial score (nSPS) is 25.1. The molecule has 0 spiro atoms. The SMILES string of the molecule is CC[C@H]1CN(C(=O)c2cc3cccc(Cl)c3n2C)CC[C@@]1(C)O. The van der Waals surface area contributed by atoms with Crippen LogP contribution in [0.25, 0.3) is 10.9 Å². The number of aryl methyl sites for hydroxylation is 1. The number of aromatic nitrogens is 1. The average Bonchev–Trinajstić information content (AvgIpc) is 2.85. The number of hydrogen-bond acceptors (Lipinski definition) is 2. The smallest absolute Gasteiger partial charge is 0.270 e. The van der Waals surface area contributed by atoms with Crippen LogP contribution >= 0.6 is 11.6 Å². The maximum absolute atomic E-state index is 13.0. The van der Waals surface area contributed by atoms with Gasteiger partial charge in [-0.1, -0.05) is 30.7 Å². The predicted octanol–water partition coefficient (Wildman–Crippen LogP) is 3.45. The molecule has 4 nitrogen and oxygen atoms in total. The number of hydrogen-bond donors (Lipinski definition) is 1. The zero-order valence-corrected chi connectivity index (χ0v) is 14.6. The minimum atomic E-state index is -0.687. The quantitative estimate of drug-likeness (QED) is 0.914. The maximum atomic E-state index is 13.0. The molecule has 1 aromatic heterocycles. The first-order valence-electron chi connectivity index (χ1n) is 8.10. The van der Waals surface area contributed by atoms with E-state index in [4.69, 9.17) is 11.6 Å². The second-order valence-corrected chi connectivity index (χ2v) is 7.14. The molecule has 1 saturated heterocycles. The van der Waals surface area contributed by atoms with Gasteiger partial charge in [0.15, 0.2) is 0 Å². The molecule has 1 aliphatic heterocycles. The van der Waals surface area contributed by atoms with Gasteiger partial charge in [0.05, 0.1) is 16.1 Å². The first-order chi connectivity index (χ1) is 10.8. The van der Waals surface area contributed by atoms with E-state index in [-0.39, 0.29) is 11.8 Å². The molecule has 23 heavy (non-hydrogen) atoms. The number of benzene rings is 1. The van der Waals surface area contributed by atoms with Gasteiger partial charge in [0.25, 0.3) is 5.91 Å². The Balaban J connectivity index is 1.92. The molecule has 1 N–H and O–H groups in total. The van der Waals surface area contributed by atoms with Gasteiger partial charge in [0.2, 0.25) is 0 Å². The molecule has 1 aliphatic rings. The average molecular weight is 335 g/mol. The number of likely N-dealkylation sites (tertiary alicyclic amines) is 1. The lowest BCUT2D eigenvalue weighted by Crippen LogP contribution is -2.52. The van der Waals surface area contributed by atoms with Gasteiger partial charge in [0.1, 0.15) is 5.69 Å². The number of nitrogens with zero attached hydrogens (tertiary/aromatic N) is 2. The van der Waals surface area contributed by atoms with Crippen molar-refractivity contribution in [1.29, 1.82) is 0 Å². The summed E-state index contributed by atoms with van der Waals surface area (Å²) in [5.74, 6) is 0.118. The minimum absolute atomic E-state index is 0.00807. The topological polar surface area (TPSA) is 45.5 Å². The number of piperidine rings is 1. The lowest BCUT2D eigenvalue weighted by molar-refractivity contribution is -0.0522. The van der Waals surface area contributed by atoms with Gasteiger partial charge in [-0.25, -0.2) is 0 Å². The zero-order chi connectivity index (χ0) is 16.8. The third kappa shape index (κ3) is 2.74. The Morgan fingerprint density at radius 3 is 2.87 bits per heavy atom. The van der Waals surface area contributed by atoms with Crippen molar-refractivity contribution < 1.29 is 9.90 Å². The Morgan fingerprint density at radius 1 is 1.48 bits per heavy atom. The number of para-hydroxylation sites is 1. The second kappa shape index (κ2) is 5.84. The van der Waals surface area contributed by atoms with Crippen LogP contribution in [-0.2, 0) is 7.05 Å². The standard InChI is InChI=1S/C18H23ClN2O2/c1-4-13-11-21(9-8-18(13,2)23)17(22)15-10-12-6-5-7-14(19)16(12)20(15)3/h5-7,10,13,23H,4,8-9,11H2,1-3H3/t13-,18+/m0/s1. The van der Waals surface area contributed by atoms with Crippen molar-refractivity contribution in [3.8, 4) is 0 Å². The first kappa shape index (κ1) is 16.3. The molecule has 2 atom stereocenters. The Bertz CT molecular complexity index is 751. The highest BCUT2D eigenvalue weighted by atomic mass is 35.5. The summed E-state index contributed by atoms with van der Waals surface area (Å²) in [7, 11) is 1.87. The highest BCUT2D eigenvalue weighted by molar-refractivity contribution is 6.35. The monoisotopic (exact) mass is 334 g/mol. The number of carbonyl (C=O) groups excluding carboxylic acids is 1. The van der Waals surface area contributed by atoms with Crippen LogP contribution in [0.15, 0.2) is 24.3 Å². The number of amides is 1. The number of halogens is 1. The zero-order valence-electron chi connectivity index (χ0n) is 13.8. The van der Waals surface area contributed by atoms with Gasteiger partial charge in [-0.3, -0.25) is 4.79 Å². The van der Waals surface area contributed by atoms with Crippen LogP contribution in [0.2, 0.25) is 5.02 Å². The first-order valence-corrected chi connectivity index (χ1v) is 8.48. The van der Waals surface area contributed by atoms with Crippen LogP contribution in [0, 0.1) is 5.92 Å². The summed E-state index contributed by atoms with van der Waals surface area (Å²) in [5.41, 5.74) is 0.839. The van der Waals surface area contributed by atoms with Crippen molar-refractivity contribution in [3.63, 3.8) is 0 Å². The van der Waals surface area contributed by atoms with Gasteiger partial charge in [-0.15, -0.1) is 0 Å². The lowest BCUT2D eigenvalue weighted by Gasteiger charge is -2.42. The van der Waals surface area contributed by atoms with E-state index in [1.165, 1.54) is 0 Å². The fourth-order valence-corrected chi connectivity index (χ4v) is 3.92. The number of carbonyl (C=O) groups is 1. The highest BCUT2D eigenvalue weighted by Gasteiger charge is 2.38. The van der Waals surface area contributed by atoms with Crippen LogP contribution in [0.3, 0.4) is 0 Å². The van der Waals surface area contributed by atoms with E-state index in [1.807, 2.05) is 47.7 Å². The molecule has 5 heteroatoms. The largest absolute Gasteiger partial charge is 0.390 e. The maximum Gasteiger partial charge on any atom is 0.270 e. The molecule has 1 amide bonds. The van der Waals surface area contributed by atoms with Gasteiger partial charge < -0.3 is 14.6 Å². The van der Waals surface area contributed by atoms with E-state index in [2.05, 4.69) is 6.92 Å². The predicted molar refractivity (Wildman–Crippen MR) is 92.9 cm³/mol. The molecule has 1 aromatic carbocycles. The number of rotatable bonds is 2. The van der Waals surface area contributed by atoms with Crippen LogP contribution in [0.5, 0.6) is 0 Å². The molecule has 0 unspecified atom stereocenters. The molecular formula is C18H23ClN2O2. The van der Waals surface area contributed by atoms with Crippen molar-refractivity contribution >= 4 is 28.4 Å². The van der Waals surface area contributed by atoms with Crippen LogP contribution in [-0.4, -0.2) is 39.2 Å². The summed E-state index contributed by atoms with van der Waals surface area (Å²) in [6.07, 6.45) is 1.47. The van der Waals surface area contributed by atoms with E-state index in [0.29, 0.717) is 30.2 Å². The van der Waals surface area contributed by atoms with E-state index < -0.39 is 5.60 Å². The van der Waals surface area contributed by atoms with Crippen LogP contribution in [0.1, 0.15) is 37.2 Å². The number of fused-ring (bicyclic) bond motifs is 1. The molecule has 1 fully saturated rings. The molecular weight excluding hydrogens is 312 g/mol. The fraction of sp³-hybridized carbons (Fsp3) is 0.500. The molecule has 0 bridgehead atoms. The summed E-state index contributed by atoms with van der Waals surface area (Å²) in [6.45, 7) is 5.11. The lowest BCUT2D eigenvalue weighted by atomic mass is 9.81. The van der Waals surface area contributed by atoms with Crippen LogP contribution in [0.4, 0.5) is 0 Å². The third-order valence-electron chi connectivity index (χ3n) is 5.21. The van der Waals surface area contributed by atoms with Crippen molar-refractivity contribution in [2.24, 2.45) is 13.0 Å². The summed E-state index contributed by atoms with van der Waals surface area (Å²) in [6, 6.07) is 7.60. The summed E-state index contributed by atoms with van der Waals surface area (Å²) in [4.78, 5) is 14.8. The van der Waals surface area contributed by atoms with Crippen molar-refractivity contribution in [2.75, 3.05) is 13.1 Å². The van der Waals surface area contributed by atoms with Crippen molar-refractivity contribution in [3.05, 3.63) is 35.0 Å². The van der Waals surface area contributed by atoms with Crippen LogP contribution < -0.4 is 0 Å². The summed E-state index contributed by atoms with van der Waals surface area (Å²) in [5, 5.41) is 12.1. The number of aliphatic hydroxyl groups is 1. The summed E-state index contributed by atoms with van der Waals surface area (Å²) < 4.78 is 1.87. The molecule has 0 saturated carbocycles. The minimum Gasteiger partial charge on any atom is -0.390 e. The molecule has 0 aliphatic carbocycles. The van der Waals surface area contributed by atoms with Crippen molar-refractivity contribution in [1.82, 2.24) is 9.47 Å². The van der Waals surface area contributed by atoms with E-state index in [0.717, 1.165) is 17.3 Å². The summed E-state index contributed by atoms with van der Waals surface area (Å²) >= 11 is 6.27. The highest BCUT2D eigenvalue weighted by Crippen LogP contribution is 2.32. The van der Waals surface area contributed by atoms with Gasteiger partial charge in [-0.05, 0) is 31.9 Å². The Kier molecular flexibility index (Phi) is 4.15. The van der Waals surface area contributed by atoms with E-state index >= 15 is 0 Å². The molecule has 124 valence electrons. The second-order valence-electron chi connectivity index (χ2n) is 6.73. The molecule has 3 rings (SSSR count). The third-order valence-corrected chi connectivity index (χ3v) is 5.52. The van der Waals surface area contributed by atoms with E-state index in [9.17, 15) is 9.90 Å². The molecule has 2 heterocycles. The van der Waals surface area contributed by atoms with Crippen molar-refractivity contribution in [2.45, 2.75) is 32.3 Å².